The van der Waals surface area contributed by atoms with Crippen molar-refractivity contribution in [3.05, 3.63) is 136 Å². The number of ether oxygens (including phenoxy) is 1. The van der Waals surface area contributed by atoms with Gasteiger partial charge in [0.2, 0.25) is 0 Å². The second-order valence-corrected chi connectivity index (χ2v) is 8.84. The zero-order valence-corrected chi connectivity index (χ0v) is 21.1. The summed E-state index contributed by atoms with van der Waals surface area (Å²) in [4.78, 5) is 0. The summed E-state index contributed by atoms with van der Waals surface area (Å²) in [5.74, 6) is -9.72. The van der Waals surface area contributed by atoms with Gasteiger partial charge in [0.15, 0.2) is 17.5 Å². The van der Waals surface area contributed by atoms with Crippen LogP contribution in [0.2, 0.25) is 0 Å². The predicted molar refractivity (Wildman–Crippen MR) is 133 cm³/mol. The zero-order chi connectivity index (χ0) is 30.8. The number of benzene rings is 4. The minimum absolute atomic E-state index is 0.0273. The largest absolute Gasteiger partial charge is 0.432 e. The quantitative estimate of drug-likeness (QED) is 0.0898. The van der Waals surface area contributed by atoms with Crippen LogP contribution >= 0.6 is 0 Å². The molecule has 4 aromatic rings. The van der Waals surface area contributed by atoms with Crippen LogP contribution in [-0.2, 0) is 12.5 Å². The van der Waals surface area contributed by atoms with Crippen molar-refractivity contribution in [3.63, 3.8) is 0 Å². The van der Waals surface area contributed by atoms with Crippen LogP contribution in [0, 0.1) is 58.4 Å². The van der Waals surface area contributed by atoms with Crippen molar-refractivity contribution in [1.82, 2.24) is 0 Å². The van der Waals surface area contributed by atoms with E-state index in [4.69, 9.17) is 0 Å². The third-order valence-corrected chi connectivity index (χ3v) is 5.88. The summed E-state index contributed by atoms with van der Waals surface area (Å²) in [6, 6.07) is 6.10. The minimum Gasteiger partial charge on any atom is -0.429 e. The lowest BCUT2D eigenvalue weighted by molar-refractivity contribution is -0.189. The topological polar surface area (TPSA) is 9.23 Å². The molecule has 0 spiro atoms. The fourth-order valence-corrected chi connectivity index (χ4v) is 3.93. The van der Waals surface area contributed by atoms with Crippen molar-refractivity contribution in [1.29, 1.82) is 0 Å². The summed E-state index contributed by atoms with van der Waals surface area (Å²) < 4.78 is 146. The Morgan fingerprint density at radius 1 is 0.690 bits per heavy atom. The third kappa shape index (κ3) is 6.43. The van der Waals surface area contributed by atoms with Crippen LogP contribution in [-0.4, -0.2) is 0 Å². The summed E-state index contributed by atoms with van der Waals surface area (Å²) in [6.45, 7) is 3.58. The average Bonchev–Trinajstić information content (AvgIpc) is 2.88. The Hall–Kier alpha value is -4.72. The first-order valence-corrected chi connectivity index (χ1v) is 11.9. The van der Waals surface area contributed by atoms with Gasteiger partial charge < -0.3 is 4.74 Å². The first-order valence-electron chi connectivity index (χ1n) is 11.9. The van der Waals surface area contributed by atoms with Gasteiger partial charge in [-0.25, -0.2) is 35.1 Å². The van der Waals surface area contributed by atoms with E-state index in [0.29, 0.717) is 30.5 Å². The number of halogens is 10. The van der Waals surface area contributed by atoms with E-state index in [0.717, 1.165) is 0 Å². The summed E-state index contributed by atoms with van der Waals surface area (Å²) in [5, 5.41) is 0. The van der Waals surface area contributed by atoms with Crippen LogP contribution in [0.4, 0.5) is 43.9 Å². The summed E-state index contributed by atoms with van der Waals surface area (Å²) in [5.41, 5.74) is -3.49. The van der Waals surface area contributed by atoms with Crippen molar-refractivity contribution < 1.29 is 48.6 Å². The fraction of sp³-hybridized carbons (Fsp3) is 0.0968. The van der Waals surface area contributed by atoms with E-state index >= 15 is 0 Å². The van der Waals surface area contributed by atoms with Crippen molar-refractivity contribution in [2.24, 2.45) is 0 Å². The molecule has 0 bridgehead atoms. The van der Waals surface area contributed by atoms with Gasteiger partial charge in [-0.1, -0.05) is 24.0 Å². The average molecular weight is 594 g/mol. The van der Waals surface area contributed by atoms with E-state index in [-0.39, 0.29) is 35.4 Å². The van der Waals surface area contributed by atoms with Crippen molar-refractivity contribution in [3.8, 4) is 28.7 Å². The Bertz CT molecular complexity index is 1680. The van der Waals surface area contributed by atoms with Crippen LogP contribution in [0.15, 0.2) is 67.3 Å². The summed E-state index contributed by atoms with van der Waals surface area (Å²) in [7, 11) is 0. The molecule has 216 valence electrons. The lowest BCUT2D eigenvalue weighted by atomic mass is 9.99. The van der Waals surface area contributed by atoms with E-state index < -0.39 is 75.1 Å². The molecule has 4 rings (SSSR count). The highest BCUT2D eigenvalue weighted by molar-refractivity contribution is 5.67. The molecule has 42 heavy (non-hydrogen) atoms. The molecule has 11 heteroatoms. The molecule has 4 aromatic carbocycles. The highest BCUT2D eigenvalue weighted by atomic mass is 19.3. The molecule has 0 radical (unpaired) electrons. The van der Waals surface area contributed by atoms with Crippen LogP contribution in [0.5, 0.6) is 5.75 Å². The number of aryl methyl sites for hydroxylation is 1. The summed E-state index contributed by atoms with van der Waals surface area (Å²) in [6.07, 6.45) is -2.05. The highest BCUT2D eigenvalue weighted by Gasteiger charge is 2.42. The lowest BCUT2D eigenvalue weighted by Gasteiger charge is -2.20. The normalized spacial score (nSPS) is 11.2. The number of hydrogen-bond donors (Lipinski definition) is 0. The maximum absolute atomic E-state index is 14.9. The van der Waals surface area contributed by atoms with E-state index in [2.05, 4.69) is 23.2 Å². The highest BCUT2D eigenvalue weighted by Crippen LogP contribution is 2.38. The molecule has 0 heterocycles. The van der Waals surface area contributed by atoms with Crippen molar-refractivity contribution in [2.45, 2.75) is 19.0 Å². The Morgan fingerprint density at radius 2 is 1.29 bits per heavy atom. The van der Waals surface area contributed by atoms with Crippen molar-refractivity contribution in [2.75, 3.05) is 0 Å². The van der Waals surface area contributed by atoms with E-state index in [1.165, 1.54) is 12.1 Å². The SMILES string of the molecule is C=CCCc1ccc(C#Cc2cc(F)c(-c3cc(F)c(C(F)(F)Oc4cc(F)c(F)c(F)c4)c(F)c3)c(F)c2)c(F)c1. The molecular formula is C31H16F10O. The Labute approximate surface area is 232 Å². The molecule has 0 fully saturated rings. The zero-order valence-electron chi connectivity index (χ0n) is 21.1. The first-order chi connectivity index (χ1) is 19.8. The smallest absolute Gasteiger partial charge is 0.429 e. The van der Waals surface area contributed by atoms with Gasteiger partial charge >= 0.3 is 6.11 Å². The van der Waals surface area contributed by atoms with E-state index in [1.807, 2.05) is 0 Å². The predicted octanol–water partition coefficient (Wildman–Crippen LogP) is 9.11. The number of hydrogen-bond acceptors (Lipinski definition) is 1. The molecule has 0 saturated carbocycles. The van der Waals surface area contributed by atoms with Gasteiger partial charge in [-0.2, -0.15) is 8.78 Å². The lowest BCUT2D eigenvalue weighted by Crippen LogP contribution is -2.25. The monoisotopic (exact) mass is 594 g/mol. The molecule has 0 atom stereocenters. The molecular weight excluding hydrogens is 578 g/mol. The fourth-order valence-electron chi connectivity index (χ4n) is 3.93. The maximum Gasteiger partial charge on any atom is 0.432 e. The molecule has 0 aliphatic carbocycles. The molecule has 0 N–H and O–H groups in total. The van der Waals surface area contributed by atoms with Gasteiger partial charge in [0.25, 0.3) is 0 Å². The molecule has 1 nitrogen and oxygen atoms in total. The van der Waals surface area contributed by atoms with Gasteiger partial charge in [0, 0.05) is 17.7 Å². The van der Waals surface area contributed by atoms with Crippen LogP contribution in [0.1, 0.15) is 28.7 Å². The summed E-state index contributed by atoms with van der Waals surface area (Å²) >= 11 is 0. The minimum atomic E-state index is -4.89. The Kier molecular flexibility index (Phi) is 8.66. The number of rotatable bonds is 7. The van der Waals surface area contributed by atoms with Gasteiger partial charge in [-0.15, -0.1) is 6.58 Å². The standard InChI is InChI=1S/C31H16F10O/c1-2-3-4-16-5-7-18(21(32)9-16)8-6-17-10-22(33)28(23(34)11-17)19-12-24(35)29(25(36)13-19)31(40,41)42-20-14-26(37)30(39)27(38)15-20/h2,5,7,9-15H,1,3-4H2. The van der Waals surface area contributed by atoms with E-state index in [9.17, 15) is 43.9 Å². The second-order valence-electron chi connectivity index (χ2n) is 8.84. The van der Waals surface area contributed by atoms with Crippen LogP contribution < -0.4 is 4.74 Å². The molecule has 0 aliphatic rings. The van der Waals surface area contributed by atoms with E-state index in [1.54, 1.807) is 12.1 Å². The molecule has 0 amide bonds. The third-order valence-electron chi connectivity index (χ3n) is 5.88. The molecule has 0 unspecified atom stereocenters. The van der Waals surface area contributed by atoms with Gasteiger partial charge in [-0.05, 0) is 60.4 Å². The first kappa shape index (κ1) is 30.2. The van der Waals surface area contributed by atoms with Gasteiger partial charge in [-0.3, -0.25) is 0 Å². The Morgan fingerprint density at radius 3 is 1.83 bits per heavy atom. The molecule has 0 saturated heterocycles. The Balaban J connectivity index is 1.63. The molecule has 0 aromatic heterocycles. The number of alkyl halides is 2. The van der Waals surface area contributed by atoms with Crippen LogP contribution in [0.25, 0.3) is 11.1 Å². The van der Waals surface area contributed by atoms with Gasteiger partial charge in [0.05, 0.1) is 11.1 Å². The van der Waals surface area contributed by atoms with Crippen LogP contribution in [0.3, 0.4) is 0 Å². The second kappa shape index (κ2) is 12.0. The van der Waals surface area contributed by atoms with Crippen molar-refractivity contribution >= 4 is 0 Å². The maximum atomic E-state index is 14.9. The number of allylic oxidation sites excluding steroid dienone is 1. The van der Waals surface area contributed by atoms with Gasteiger partial charge in [0.1, 0.15) is 40.4 Å². The molecule has 0 aliphatic heterocycles.